The molecule has 0 atom stereocenters. The van der Waals surface area contributed by atoms with Gasteiger partial charge in [-0.2, -0.15) is 5.26 Å². The molecule has 0 unspecified atom stereocenters. The molecule has 1 N–H and O–H groups in total. The Labute approximate surface area is 198 Å². The summed E-state index contributed by atoms with van der Waals surface area (Å²) < 4.78 is 25.5. The molecular weight excluding hydrogens is 433 g/mol. The van der Waals surface area contributed by atoms with Crippen LogP contribution in [0, 0.1) is 24.1 Å². The molecule has 3 aromatic carbocycles. The molecule has 34 heavy (non-hydrogen) atoms. The first-order chi connectivity index (χ1) is 16.2. The first kappa shape index (κ1) is 23.1. The van der Waals surface area contributed by atoms with Gasteiger partial charge in [-0.1, -0.05) is 12.1 Å². The van der Waals surface area contributed by atoms with Crippen molar-refractivity contribution in [1.82, 2.24) is 0 Å². The SMILES string of the molecule is COc1cc(C#N)ccc1-c1ccc2c(c1COc1cc(F)ccc1C)N(C)C(=O)C(C)(C)N2. The maximum Gasteiger partial charge on any atom is 0.251 e. The van der Waals surface area contributed by atoms with Crippen LogP contribution in [0.3, 0.4) is 0 Å². The van der Waals surface area contributed by atoms with Crippen molar-refractivity contribution in [3.05, 3.63) is 71.0 Å². The van der Waals surface area contributed by atoms with Gasteiger partial charge >= 0.3 is 0 Å². The maximum atomic E-state index is 13.9. The van der Waals surface area contributed by atoms with Crippen molar-refractivity contribution in [3.63, 3.8) is 0 Å². The summed E-state index contributed by atoms with van der Waals surface area (Å²) in [5.41, 5.74) is 4.25. The number of carbonyl (C=O) groups is 1. The van der Waals surface area contributed by atoms with Crippen LogP contribution in [-0.2, 0) is 11.4 Å². The van der Waals surface area contributed by atoms with Crippen molar-refractivity contribution >= 4 is 17.3 Å². The Hall–Kier alpha value is -4.05. The van der Waals surface area contributed by atoms with Crippen LogP contribution in [0.4, 0.5) is 15.8 Å². The second kappa shape index (κ2) is 8.71. The molecule has 0 aliphatic carbocycles. The van der Waals surface area contributed by atoms with E-state index in [1.54, 1.807) is 37.3 Å². The topological polar surface area (TPSA) is 74.6 Å². The molecule has 1 aliphatic rings. The highest BCUT2D eigenvalue weighted by atomic mass is 19.1. The average Bonchev–Trinajstić information content (AvgIpc) is 2.82. The summed E-state index contributed by atoms with van der Waals surface area (Å²) >= 11 is 0. The van der Waals surface area contributed by atoms with Crippen molar-refractivity contribution in [2.45, 2.75) is 32.9 Å². The molecule has 7 heteroatoms. The van der Waals surface area contributed by atoms with E-state index >= 15 is 0 Å². The van der Waals surface area contributed by atoms with Gasteiger partial charge in [0.25, 0.3) is 5.91 Å². The Morgan fingerprint density at radius 2 is 1.82 bits per heavy atom. The summed E-state index contributed by atoms with van der Waals surface area (Å²) in [6.07, 6.45) is 0. The lowest BCUT2D eigenvalue weighted by atomic mass is 9.91. The van der Waals surface area contributed by atoms with Gasteiger partial charge in [-0.05, 0) is 62.2 Å². The van der Waals surface area contributed by atoms with Crippen LogP contribution >= 0.6 is 0 Å². The van der Waals surface area contributed by atoms with Crippen molar-refractivity contribution in [2.24, 2.45) is 0 Å². The van der Waals surface area contributed by atoms with Crippen LogP contribution in [-0.4, -0.2) is 25.6 Å². The predicted octanol–water partition coefficient (Wildman–Crippen LogP) is 5.43. The number of halogens is 1. The molecule has 3 aromatic rings. The van der Waals surface area contributed by atoms with Crippen LogP contribution in [0.5, 0.6) is 11.5 Å². The molecule has 1 heterocycles. The monoisotopic (exact) mass is 459 g/mol. The highest BCUT2D eigenvalue weighted by Gasteiger charge is 2.38. The fraction of sp³-hybridized carbons (Fsp3) is 0.259. The minimum atomic E-state index is -0.771. The first-order valence-corrected chi connectivity index (χ1v) is 10.9. The zero-order valence-corrected chi connectivity index (χ0v) is 19.8. The molecule has 0 bridgehead atoms. The van der Waals surface area contributed by atoms with Gasteiger partial charge in [0.15, 0.2) is 0 Å². The van der Waals surface area contributed by atoms with E-state index in [0.717, 1.165) is 27.9 Å². The minimum absolute atomic E-state index is 0.0890. The second-order valence-electron chi connectivity index (χ2n) is 8.83. The van der Waals surface area contributed by atoms with Gasteiger partial charge in [0.2, 0.25) is 0 Å². The maximum absolute atomic E-state index is 13.9. The number of likely N-dealkylation sites (N-methyl/N-ethyl adjacent to an activating group) is 1. The second-order valence-corrected chi connectivity index (χ2v) is 8.83. The highest BCUT2D eigenvalue weighted by Crippen LogP contribution is 2.44. The van der Waals surface area contributed by atoms with Crippen molar-refractivity contribution < 1.29 is 18.7 Å². The van der Waals surface area contributed by atoms with Gasteiger partial charge in [0.05, 0.1) is 30.1 Å². The summed E-state index contributed by atoms with van der Waals surface area (Å²) in [6, 6.07) is 15.6. The smallest absolute Gasteiger partial charge is 0.251 e. The number of rotatable bonds is 5. The summed E-state index contributed by atoms with van der Waals surface area (Å²) in [4.78, 5) is 14.7. The lowest BCUT2D eigenvalue weighted by molar-refractivity contribution is -0.121. The fourth-order valence-corrected chi connectivity index (χ4v) is 4.29. The van der Waals surface area contributed by atoms with Gasteiger partial charge in [-0.25, -0.2) is 4.39 Å². The number of fused-ring (bicyclic) bond motifs is 1. The predicted molar refractivity (Wildman–Crippen MR) is 130 cm³/mol. The van der Waals surface area contributed by atoms with Gasteiger partial charge in [0.1, 0.15) is 29.5 Å². The Balaban J connectivity index is 1.90. The van der Waals surface area contributed by atoms with Crippen LogP contribution in [0.1, 0.15) is 30.5 Å². The van der Waals surface area contributed by atoms with E-state index in [9.17, 15) is 14.4 Å². The minimum Gasteiger partial charge on any atom is -0.496 e. The van der Waals surface area contributed by atoms with Crippen LogP contribution in [0.25, 0.3) is 11.1 Å². The molecule has 0 saturated carbocycles. The number of nitriles is 1. The molecule has 6 nitrogen and oxygen atoms in total. The highest BCUT2D eigenvalue weighted by molar-refractivity contribution is 6.08. The standard InChI is InChI=1S/C27H26FN3O3/c1-16-6-8-18(28)13-23(16)34-15-21-19(20-9-7-17(14-29)12-24(20)33-5)10-11-22-25(21)31(4)26(32)27(2,3)30-22/h6-13,30H,15H2,1-5H3. The van der Waals surface area contributed by atoms with Crippen molar-refractivity contribution in [3.8, 4) is 28.7 Å². The third-order valence-corrected chi connectivity index (χ3v) is 6.05. The number of hydrogen-bond acceptors (Lipinski definition) is 5. The van der Waals surface area contributed by atoms with Crippen LogP contribution in [0.15, 0.2) is 48.5 Å². The molecular formula is C27H26FN3O3. The number of benzene rings is 3. The molecule has 1 aliphatic heterocycles. The number of anilines is 2. The summed E-state index contributed by atoms with van der Waals surface area (Å²) in [6.45, 7) is 5.60. The number of nitrogens with zero attached hydrogens (tertiary/aromatic N) is 2. The molecule has 0 spiro atoms. The number of carbonyl (C=O) groups excluding carboxylic acids is 1. The normalized spacial score (nSPS) is 14.1. The number of methoxy groups -OCH3 is 1. The molecule has 0 fully saturated rings. The van der Waals surface area contributed by atoms with Crippen LogP contribution in [0.2, 0.25) is 0 Å². The van der Waals surface area contributed by atoms with Gasteiger partial charge < -0.3 is 19.7 Å². The molecule has 4 rings (SSSR count). The Morgan fingerprint density at radius 1 is 1.09 bits per heavy atom. The average molecular weight is 460 g/mol. The Bertz CT molecular complexity index is 1330. The van der Waals surface area contributed by atoms with E-state index in [4.69, 9.17) is 9.47 Å². The number of ether oxygens (including phenoxy) is 2. The summed E-state index contributed by atoms with van der Waals surface area (Å²) in [7, 11) is 3.28. The third-order valence-electron chi connectivity index (χ3n) is 6.05. The van der Waals surface area contributed by atoms with Gasteiger partial charge in [-0.15, -0.1) is 0 Å². The first-order valence-electron chi connectivity index (χ1n) is 10.9. The van der Waals surface area contributed by atoms with Gasteiger partial charge in [-0.3, -0.25) is 4.79 Å². The Kier molecular flexibility index (Phi) is 5.92. The van der Waals surface area contributed by atoms with Crippen molar-refractivity contribution in [2.75, 3.05) is 24.4 Å². The van der Waals surface area contributed by atoms with E-state index in [-0.39, 0.29) is 18.3 Å². The van der Waals surface area contributed by atoms with E-state index in [2.05, 4.69) is 11.4 Å². The molecule has 0 aromatic heterocycles. The molecule has 0 saturated heterocycles. The lowest BCUT2D eigenvalue weighted by Gasteiger charge is -2.39. The quantitative estimate of drug-likeness (QED) is 0.551. The van der Waals surface area contributed by atoms with E-state index in [1.807, 2.05) is 39.0 Å². The molecule has 174 valence electrons. The third kappa shape index (κ3) is 4.03. The van der Waals surface area contributed by atoms with Crippen molar-refractivity contribution in [1.29, 1.82) is 5.26 Å². The zero-order valence-electron chi connectivity index (χ0n) is 19.8. The number of hydrogen-bond donors (Lipinski definition) is 1. The van der Waals surface area contributed by atoms with E-state index in [1.165, 1.54) is 12.1 Å². The lowest BCUT2D eigenvalue weighted by Crippen LogP contribution is -2.52. The summed E-state index contributed by atoms with van der Waals surface area (Å²) in [5, 5.41) is 12.6. The number of aryl methyl sites for hydroxylation is 1. The number of nitrogens with one attached hydrogen (secondary N) is 1. The fourth-order valence-electron chi connectivity index (χ4n) is 4.29. The van der Waals surface area contributed by atoms with Crippen LogP contribution < -0.4 is 19.7 Å². The van der Waals surface area contributed by atoms with E-state index in [0.29, 0.717) is 22.7 Å². The zero-order chi connectivity index (χ0) is 24.6. The largest absolute Gasteiger partial charge is 0.496 e. The number of amides is 1. The van der Waals surface area contributed by atoms with Gasteiger partial charge in [0, 0.05) is 24.2 Å². The molecule has 1 amide bonds. The van der Waals surface area contributed by atoms with E-state index < -0.39 is 5.54 Å². The summed E-state index contributed by atoms with van der Waals surface area (Å²) in [5.74, 6) is 0.473. The Morgan fingerprint density at radius 3 is 2.53 bits per heavy atom. The molecule has 0 radical (unpaired) electrons.